The number of aromatic nitrogens is 2. The first-order valence-electron chi connectivity index (χ1n) is 6.09. The third-order valence-corrected chi connectivity index (χ3v) is 3.01. The van der Waals surface area contributed by atoms with Crippen LogP contribution in [0.2, 0.25) is 0 Å². The molecule has 0 N–H and O–H groups in total. The fourth-order valence-electron chi connectivity index (χ4n) is 1.97. The summed E-state index contributed by atoms with van der Waals surface area (Å²) in [4.78, 5) is 10.2. The number of benzene rings is 2. The van der Waals surface area contributed by atoms with Gasteiger partial charge in [-0.15, -0.1) is 0 Å². The number of hydrogen-bond acceptors (Lipinski definition) is 3. The summed E-state index contributed by atoms with van der Waals surface area (Å²) in [5.41, 5.74) is 2.95. The molecule has 20 heavy (non-hydrogen) atoms. The van der Waals surface area contributed by atoms with E-state index in [0.717, 1.165) is 16.8 Å². The Labute approximate surface area is 115 Å². The highest BCUT2D eigenvalue weighted by molar-refractivity contribution is 5.62. The topological polar surface area (TPSA) is 61.0 Å². The average Bonchev–Trinajstić information content (AvgIpc) is 2.98. The SMILES string of the molecule is O=[N+]([O-])c1ccc(-n2cc(-c3ccccc3)cn2)cc1. The monoisotopic (exact) mass is 265 g/mol. The largest absolute Gasteiger partial charge is 0.269 e. The lowest BCUT2D eigenvalue weighted by atomic mass is 10.1. The molecule has 5 heteroatoms. The van der Waals surface area contributed by atoms with E-state index in [-0.39, 0.29) is 5.69 Å². The van der Waals surface area contributed by atoms with Crippen molar-refractivity contribution < 1.29 is 4.92 Å². The summed E-state index contributed by atoms with van der Waals surface area (Å²) >= 11 is 0. The fourth-order valence-corrected chi connectivity index (χ4v) is 1.97. The maximum Gasteiger partial charge on any atom is 0.269 e. The van der Waals surface area contributed by atoms with Crippen LogP contribution in [0.1, 0.15) is 0 Å². The van der Waals surface area contributed by atoms with E-state index in [1.165, 1.54) is 12.1 Å². The molecule has 0 fully saturated rings. The van der Waals surface area contributed by atoms with Crippen molar-refractivity contribution in [2.24, 2.45) is 0 Å². The van der Waals surface area contributed by atoms with Crippen molar-refractivity contribution in [3.63, 3.8) is 0 Å². The summed E-state index contributed by atoms with van der Waals surface area (Å²) in [5, 5.41) is 14.9. The van der Waals surface area contributed by atoms with Gasteiger partial charge in [-0.2, -0.15) is 5.10 Å². The van der Waals surface area contributed by atoms with Crippen molar-refractivity contribution >= 4 is 5.69 Å². The lowest BCUT2D eigenvalue weighted by Gasteiger charge is -2.00. The van der Waals surface area contributed by atoms with E-state index in [1.54, 1.807) is 23.0 Å². The van der Waals surface area contributed by atoms with Gasteiger partial charge in [0.15, 0.2) is 0 Å². The van der Waals surface area contributed by atoms with E-state index < -0.39 is 4.92 Å². The Bertz CT molecular complexity index is 733. The third-order valence-electron chi connectivity index (χ3n) is 3.01. The van der Waals surface area contributed by atoms with Gasteiger partial charge in [-0.25, -0.2) is 4.68 Å². The number of nitrogens with zero attached hydrogens (tertiary/aromatic N) is 3. The molecule has 1 aromatic heterocycles. The number of nitro benzene ring substituents is 1. The summed E-state index contributed by atoms with van der Waals surface area (Å²) in [5.74, 6) is 0. The Morgan fingerprint density at radius 1 is 0.950 bits per heavy atom. The van der Waals surface area contributed by atoms with Gasteiger partial charge >= 0.3 is 0 Å². The Morgan fingerprint density at radius 2 is 1.65 bits per heavy atom. The Hall–Kier alpha value is -2.95. The van der Waals surface area contributed by atoms with E-state index in [2.05, 4.69) is 5.10 Å². The van der Waals surface area contributed by atoms with Gasteiger partial charge in [-0.3, -0.25) is 10.1 Å². The molecule has 0 aliphatic carbocycles. The number of rotatable bonds is 3. The quantitative estimate of drug-likeness (QED) is 0.538. The molecule has 0 aliphatic heterocycles. The Kier molecular flexibility index (Phi) is 3.01. The first kappa shape index (κ1) is 12.1. The molecule has 0 unspecified atom stereocenters. The first-order chi connectivity index (χ1) is 9.74. The van der Waals surface area contributed by atoms with Crippen LogP contribution in [0.25, 0.3) is 16.8 Å². The van der Waals surface area contributed by atoms with Gasteiger partial charge < -0.3 is 0 Å². The molecule has 2 aromatic carbocycles. The minimum Gasteiger partial charge on any atom is -0.258 e. The molecule has 0 amide bonds. The maximum absolute atomic E-state index is 10.6. The van der Waals surface area contributed by atoms with Crippen LogP contribution < -0.4 is 0 Å². The highest BCUT2D eigenvalue weighted by atomic mass is 16.6. The average molecular weight is 265 g/mol. The molecule has 1 heterocycles. The van der Waals surface area contributed by atoms with Crippen molar-refractivity contribution in [3.8, 4) is 16.8 Å². The number of nitro groups is 1. The highest BCUT2D eigenvalue weighted by Gasteiger charge is 2.06. The van der Waals surface area contributed by atoms with E-state index in [0.29, 0.717) is 0 Å². The van der Waals surface area contributed by atoms with Crippen LogP contribution in [-0.4, -0.2) is 14.7 Å². The van der Waals surface area contributed by atoms with E-state index >= 15 is 0 Å². The molecular formula is C15H11N3O2. The molecule has 0 bridgehead atoms. The van der Waals surface area contributed by atoms with Gasteiger partial charge in [0.2, 0.25) is 0 Å². The summed E-state index contributed by atoms with van der Waals surface area (Å²) in [6.07, 6.45) is 3.67. The molecule has 0 saturated heterocycles. The minimum atomic E-state index is -0.414. The summed E-state index contributed by atoms with van der Waals surface area (Å²) in [6, 6.07) is 16.2. The zero-order valence-corrected chi connectivity index (χ0v) is 10.5. The summed E-state index contributed by atoms with van der Waals surface area (Å²) in [6.45, 7) is 0. The van der Waals surface area contributed by atoms with Crippen molar-refractivity contribution in [1.29, 1.82) is 0 Å². The van der Waals surface area contributed by atoms with Crippen LogP contribution in [0.15, 0.2) is 67.0 Å². The lowest BCUT2D eigenvalue weighted by Crippen LogP contribution is -1.94. The van der Waals surface area contributed by atoms with Gasteiger partial charge in [0, 0.05) is 23.9 Å². The third kappa shape index (κ3) is 2.29. The molecule has 0 atom stereocenters. The smallest absolute Gasteiger partial charge is 0.258 e. The predicted octanol–water partition coefficient (Wildman–Crippen LogP) is 3.45. The van der Waals surface area contributed by atoms with Crippen LogP contribution in [0.5, 0.6) is 0 Å². The van der Waals surface area contributed by atoms with Crippen LogP contribution in [0.4, 0.5) is 5.69 Å². The molecule has 3 rings (SSSR count). The van der Waals surface area contributed by atoms with E-state index in [9.17, 15) is 10.1 Å². The Balaban J connectivity index is 1.92. The van der Waals surface area contributed by atoms with Gasteiger partial charge in [-0.1, -0.05) is 30.3 Å². The molecule has 0 radical (unpaired) electrons. The van der Waals surface area contributed by atoms with Crippen molar-refractivity contribution in [2.45, 2.75) is 0 Å². The minimum absolute atomic E-state index is 0.0733. The number of hydrogen-bond donors (Lipinski definition) is 0. The summed E-state index contributed by atoms with van der Waals surface area (Å²) < 4.78 is 1.70. The Morgan fingerprint density at radius 3 is 2.30 bits per heavy atom. The van der Waals surface area contributed by atoms with Gasteiger partial charge in [0.1, 0.15) is 0 Å². The first-order valence-corrected chi connectivity index (χ1v) is 6.09. The normalized spacial score (nSPS) is 10.4. The van der Waals surface area contributed by atoms with Gasteiger partial charge in [-0.05, 0) is 17.7 Å². The fraction of sp³-hybridized carbons (Fsp3) is 0. The van der Waals surface area contributed by atoms with Gasteiger partial charge in [0.05, 0.1) is 16.8 Å². The molecule has 0 aliphatic rings. The van der Waals surface area contributed by atoms with Crippen LogP contribution in [0.3, 0.4) is 0 Å². The molecule has 0 spiro atoms. The van der Waals surface area contributed by atoms with Gasteiger partial charge in [0.25, 0.3) is 5.69 Å². The zero-order chi connectivity index (χ0) is 13.9. The summed E-state index contributed by atoms with van der Waals surface area (Å²) in [7, 11) is 0. The molecule has 98 valence electrons. The van der Waals surface area contributed by atoms with Crippen molar-refractivity contribution in [3.05, 3.63) is 77.1 Å². The highest BCUT2D eigenvalue weighted by Crippen LogP contribution is 2.20. The molecule has 5 nitrogen and oxygen atoms in total. The van der Waals surface area contributed by atoms with Crippen LogP contribution >= 0.6 is 0 Å². The second-order valence-electron chi connectivity index (χ2n) is 4.31. The van der Waals surface area contributed by atoms with Crippen LogP contribution in [0, 0.1) is 10.1 Å². The number of non-ortho nitro benzene ring substituents is 1. The second kappa shape index (κ2) is 4.97. The molecule has 0 saturated carbocycles. The van der Waals surface area contributed by atoms with E-state index in [4.69, 9.17) is 0 Å². The molecular weight excluding hydrogens is 254 g/mol. The van der Waals surface area contributed by atoms with E-state index in [1.807, 2.05) is 36.5 Å². The van der Waals surface area contributed by atoms with Crippen LogP contribution in [-0.2, 0) is 0 Å². The predicted molar refractivity (Wildman–Crippen MR) is 75.7 cm³/mol. The second-order valence-corrected chi connectivity index (χ2v) is 4.31. The van der Waals surface area contributed by atoms with Crippen molar-refractivity contribution in [2.75, 3.05) is 0 Å². The lowest BCUT2D eigenvalue weighted by molar-refractivity contribution is -0.384. The maximum atomic E-state index is 10.6. The zero-order valence-electron chi connectivity index (χ0n) is 10.5. The van der Waals surface area contributed by atoms with Crippen molar-refractivity contribution in [1.82, 2.24) is 9.78 Å². The molecule has 3 aromatic rings. The standard InChI is InChI=1S/C15H11N3O2/c19-18(20)15-8-6-14(7-9-15)17-11-13(10-16-17)12-4-2-1-3-5-12/h1-11H.